The number of carbonyl (C=O) groups is 2. The van der Waals surface area contributed by atoms with E-state index in [1.54, 1.807) is 27.0 Å². The summed E-state index contributed by atoms with van der Waals surface area (Å²) in [4.78, 5) is 36.6. The van der Waals surface area contributed by atoms with Crippen LogP contribution in [0.2, 0.25) is 0 Å². The number of pyridine rings is 1. The molecule has 3 heterocycles. The predicted molar refractivity (Wildman–Crippen MR) is 135 cm³/mol. The molecule has 2 aromatic heterocycles. The fourth-order valence-corrected chi connectivity index (χ4v) is 5.59. The van der Waals surface area contributed by atoms with Gasteiger partial charge in [0.05, 0.1) is 17.0 Å². The number of anilines is 1. The minimum atomic E-state index is -2.97. The maximum atomic E-state index is 14.1. The summed E-state index contributed by atoms with van der Waals surface area (Å²) >= 11 is 1.01. The van der Waals surface area contributed by atoms with Gasteiger partial charge in [0.15, 0.2) is 5.01 Å². The molecule has 2 aromatic rings. The number of carbonyl (C=O) groups excluding carboxylic acids is 2. The van der Waals surface area contributed by atoms with Gasteiger partial charge in [0.25, 0.3) is 17.7 Å². The van der Waals surface area contributed by atoms with Crippen LogP contribution in [-0.2, 0) is 0 Å². The van der Waals surface area contributed by atoms with Crippen molar-refractivity contribution in [1.29, 1.82) is 0 Å². The summed E-state index contributed by atoms with van der Waals surface area (Å²) in [6.07, 6.45) is 4.50. The van der Waals surface area contributed by atoms with E-state index >= 15 is 0 Å². The fraction of sp³-hybridized carbons (Fsp3) is 0.600. The fourth-order valence-electron chi connectivity index (χ4n) is 4.54. The minimum absolute atomic E-state index is 0.00936. The van der Waals surface area contributed by atoms with Gasteiger partial charge in [0.2, 0.25) is 0 Å². The smallest absolute Gasteiger partial charge is 0.280 e. The molecule has 2 fully saturated rings. The standard InChI is InChI=1S/C25H33F2N5O3S/c1-14-9-17(31-24(5)7-6-8-24)28-11-16(14)19-18(22(34)32-13-25(26,27)10-15(32)2)30-21(36-19)20(33)29-12-23(3,4)35/h9,11,15,35H,6-8,10,12-13H2,1-5H3,(H,28,31)(H,29,33)/t15-/m0/s1. The number of rotatable bonds is 7. The Hall–Kier alpha value is -2.66. The lowest BCUT2D eigenvalue weighted by atomic mass is 9.78. The number of hydrogen-bond acceptors (Lipinski definition) is 7. The molecule has 1 aliphatic heterocycles. The molecule has 0 radical (unpaired) electrons. The zero-order valence-electron chi connectivity index (χ0n) is 21.2. The SMILES string of the molecule is Cc1cc(NC2(C)CCC2)ncc1-c1sc(C(=O)NCC(C)(C)O)nc1C(=O)N1CC(F)(F)C[C@@H]1C. The molecule has 0 spiro atoms. The van der Waals surface area contributed by atoms with Crippen LogP contribution in [0.4, 0.5) is 14.6 Å². The van der Waals surface area contributed by atoms with Crippen molar-refractivity contribution in [1.82, 2.24) is 20.2 Å². The molecule has 0 aromatic carbocycles. The number of aliphatic hydroxyl groups is 1. The summed E-state index contributed by atoms with van der Waals surface area (Å²) < 4.78 is 28.1. The van der Waals surface area contributed by atoms with Gasteiger partial charge in [-0.1, -0.05) is 0 Å². The molecule has 1 aliphatic carbocycles. The summed E-state index contributed by atoms with van der Waals surface area (Å²) in [6.45, 7) is 8.00. The number of halogens is 2. The van der Waals surface area contributed by atoms with Crippen LogP contribution in [-0.4, -0.2) is 68.0 Å². The molecule has 8 nitrogen and oxygen atoms in total. The highest BCUT2D eigenvalue weighted by atomic mass is 32.1. The summed E-state index contributed by atoms with van der Waals surface area (Å²) in [7, 11) is 0. The Balaban J connectivity index is 1.69. The van der Waals surface area contributed by atoms with Crippen LogP contribution in [0.3, 0.4) is 0 Å². The lowest BCUT2D eigenvalue weighted by Gasteiger charge is -2.39. The summed E-state index contributed by atoms with van der Waals surface area (Å²) in [5.74, 6) is -3.45. The number of aromatic nitrogens is 2. The monoisotopic (exact) mass is 521 g/mol. The first-order valence-corrected chi connectivity index (χ1v) is 12.9. The van der Waals surface area contributed by atoms with Crippen molar-refractivity contribution >= 4 is 29.0 Å². The minimum Gasteiger partial charge on any atom is -0.389 e. The number of likely N-dealkylation sites (tertiary alicyclic amines) is 1. The van der Waals surface area contributed by atoms with Gasteiger partial charge >= 0.3 is 0 Å². The molecule has 2 amide bonds. The number of thiazole rings is 1. The molecule has 4 rings (SSSR count). The predicted octanol–water partition coefficient (Wildman–Crippen LogP) is 4.24. The number of hydrogen-bond donors (Lipinski definition) is 3. The van der Waals surface area contributed by atoms with E-state index in [4.69, 9.17) is 0 Å². The third-order valence-electron chi connectivity index (χ3n) is 6.74. The maximum absolute atomic E-state index is 14.1. The molecular formula is C25H33F2N5O3S. The first-order chi connectivity index (χ1) is 16.7. The van der Waals surface area contributed by atoms with E-state index in [9.17, 15) is 23.5 Å². The largest absolute Gasteiger partial charge is 0.389 e. The lowest BCUT2D eigenvalue weighted by molar-refractivity contribution is 0.0118. The molecular weight excluding hydrogens is 488 g/mol. The Morgan fingerprint density at radius 2 is 2.03 bits per heavy atom. The van der Waals surface area contributed by atoms with E-state index in [0.29, 0.717) is 16.3 Å². The second kappa shape index (κ2) is 9.33. The highest BCUT2D eigenvalue weighted by Crippen LogP contribution is 2.39. The number of nitrogens with one attached hydrogen (secondary N) is 2. The van der Waals surface area contributed by atoms with E-state index in [0.717, 1.165) is 34.6 Å². The molecule has 3 N–H and O–H groups in total. The lowest BCUT2D eigenvalue weighted by Crippen LogP contribution is -2.41. The molecule has 1 atom stereocenters. The number of amides is 2. The highest BCUT2D eigenvalue weighted by molar-refractivity contribution is 7.17. The first kappa shape index (κ1) is 26.4. The Bertz CT molecular complexity index is 1170. The van der Waals surface area contributed by atoms with E-state index < -0.39 is 42.3 Å². The van der Waals surface area contributed by atoms with Crippen LogP contribution in [0.15, 0.2) is 12.3 Å². The van der Waals surface area contributed by atoms with Crippen LogP contribution in [0.1, 0.15) is 79.2 Å². The van der Waals surface area contributed by atoms with E-state index in [-0.39, 0.29) is 22.8 Å². The number of aryl methyl sites for hydroxylation is 1. The van der Waals surface area contributed by atoms with Crippen molar-refractivity contribution in [3.05, 3.63) is 28.5 Å². The van der Waals surface area contributed by atoms with E-state index in [1.807, 2.05) is 13.0 Å². The van der Waals surface area contributed by atoms with Crippen LogP contribution in [0.25, 0.3) is 10.4 Å². The summed E-state index contributed by atoms with van der Waals surface area (Å²) in [5.41, 5.74) is 0.257. The van der Waals surface area contributed by atoms with Crippen LogP contribution < -0.4 is 10.6 Å². The molecule has 11 heteroatoms. The zero-order chi connectivity index (χ0) is 26.5. The normalized spacial score (nSPS) is 20.7. The second-order valence-corrected chi connectivity index (χ2v) is 12.0. The van der Waals surface area contributed by atoms with Gasteiger partial charge in [-0.3, -0.25) is 9.59 Å². The Morgan fingerprint density at radius 1 is 1.33 bits per heavy atom. The molecule has 196 valence electrons. The first-order valence-electron chi connectivity index (χ1n) is 12.1. The molecule has 36 heavy (non-hydrogen) atoms. The highest BCUT2D eigenvalue weighted by Gasteiger charge is 2.46. The average Bonchev–Trinajstić information content (AvgIpc) is 3.30. The molecule has 0 unspecified atom stereocenters. The zero-order valence-corrected chi connectivity index (χ0v) is 22.1. The van der Waals surface area contributed by atoms with Crippen molar-refractivity contribution in [3.63, 3.8) is 0 Å². The Morgan fingerprint density at radius 3 is 2.56 bits per heavy atom. The second-order valence-electron chi connectivity index (χ2n) is 11.0. The Kier molecular flexibility index (Phi) is 6.85. The summed E-state index contributed by atoms with van der Waals surface area (Å²) in [6, 6.07) is 1.22. The van der Waals surface area contributed by atoms with Crippen molar-refractivity contribution in [2.45, 2.75) is 83.4 Å². The van der Waals surface area contributed by atoms with Gasteiger partial charge in [0.1, 0.15) is 11.5 Å². The van der Waals surface area contributed by atoms with Gasteiger partial charge in [-0.25, -0.2) is 18.7 Å². The molecule has 2 aliphatic rings. The van der Waals surface area contributed by atoms with Crippen LogP contribution >= 0.6 is 11.3 Å². The molecule has 1 saturated heterocycles. The third-order valence-corrected chi connectivity index (χ3v) is 7.82. The van der Waals surface area contributed by atoms with Gasteiger partial charge in [0, 0.05) is 36.3 Å². The van der Waals surface area contributed by atoms with Crippen molar-refractivity contribution in [2.75, 3.05) is 18.4 Å². The van der Waals surface area contributed by atoms with Gasteiger partial charge in [-0.15, -0.1) is 11.3 Å². The molecule has 1 saturated carbocycles. The van der Waals surface area contributed by atoms with Gasteiger partial charge < -0.3 is 20.6 Å². The van der Waals surface area contributed by atoms with Crippen molar-refractivity contribution < 1.29 is 23.5 Å². The average molecular weight is 522 g/mol. The maximum Gasteiger partial charge on any atom is 0.280 e. The number of alkyl halides is 2. The quantitative estimate of drug-likeness (QED) is 0.503. The van der Waals surface area contributed by atoms with E-state index in [2.05, 4.69) is 27.5 Å². The van der Waals surface area contributed by atoms with E-state index in [1.165, 1.54) is 6.42 Å². The van der Waals surface area contributed by atoms with Gasteiger partial charge in [-0.2, -0.15) is 0 Å². The van der Waals surface area contributed by atoms with Crippen molar-refractivity contribution in [2.24, 2.45) is 0 Å². The Labute approximate surface area is 213 Å². The summed E-state index contributed by atoms with van der Waals surface area (Å²) in [5, 5.41) is 16.0. The van der Waals surface area contributed by atoms with Crippen molar-refractivity contribution in [3.8, 4) is 10.4 Å². The topological polar surface area (TPSA) is 107 Å². The number of nitrogens with zero attached hydrogens (tertiary/aromatic N) is 3. The van der Waals surface area contributed by atoms with Crippen LogP contribution in [0, 0.1) is 6.92 Å². The van der Waals surface area contributed by atoms with Crippen LogP contribution in [0.5, 0.6) is 0 Å². The third kappa shape index (κ3) is 5.67. The van der Waals surface area contributed by atoms with Gasteiger partial charge in [-0.05, 0) is 65.5 Å². The molecule has 0 bridgehead atoms.